The second-order valence-corrected chi connectivity index (χ2v) is 8.03. The lowest BCUT2D eigenvalue weighted by molar-refractivity contribution is -0.138. The van der Waals surface area contributed by atoms with Gasteiger partial charge in [-0.3, -0.25) is 14.5 Å². The number of piperazine rings is 1. The topological polar surface area (TPSA) is 43.9 Å². The molecule has 0 bridgehead atoms. The van der Waals surface area contributed by atoms with Crippen molar-refractivity contribution >= 4 is 22.6 Å². The lowest BCUT2D eigenvalue weighted by Crippen LogP contribution is -2.53. The number of amides is 2. The summed E-state index contributed by atoms with van der Waals surface area (Å²) in [5, 5.41) is 2.04. The molecule has 3 aromatic carbocycles. The van der Waals surface area contributed by atoms with E-state index in [1.54, 1.807) is 0 Å². The molecule has 1 aliphatic rings. The van der Waals surface area contributed by atoms with Crippen molar-refractivity contribution in [2.45, 2.75) is 13.0 Å². The maximum Gasteiger partial charge on any atom is 0.254 e. The van der Waals surface area contributed by atoms with Crippen molar-refractivity contribution in [2.75, 3.05) is 39.8 Å². The molecule has 0 aromatic heterocycles. The van der Waals surface area contributed by atoms with Crippen molar-refractivity contribution in [3.63, 3.8) is 0 Å². The SMILES string of the molecule is CCN(C)C(C(=O)N1CCN(C(=O)c2cccc3ccccc23)CC1)c1ccccc1. The van der Waals surface area contributed by atoms with Gasteiger partial charge in [0.05, 0.1) is 0 Å². The lowest BCUT2D eigenvalue weighted by Gasteiger charge is -2.38. The molecule has 0 radical (unpaired) electrons. The molecular formula is C26H29N3O2. The molecule has 1 heterocycles. The summed E-state index contributed by atoms with van der Waals surface area (Å²) in [5.74, 6) is 0.141. The van der Waals surface area contributed by atoms with E-state index in [1.807, 2.05) is 89.6 Å². The Hall–Kier alpha value is -3.18. The predicted octanol–water partition coefficient (Wildman–Crippen LogP) is 3.82. The van der Waals surface area contributed by atoms with Crippen LogP contribution in [-0.4, -0.2) is 66.3 Å². The van der Waals surface area contributed by atoms with Crippen molar-refractivity contribution in [2.24, 2.45) is 0 Å². The molecule has 3 aromatic rings. The van der Waals surface area contributed by atoms with Crippen LogP contribution in [0.3, 0.4) is 0 Å². The third-order valence-corrected chi connectivity index (χ3v) is 6.19. The summed E-state index contributed by atoms with van der Waals surface area (Å²) in [6.45, 7) is 5.04. The van der Waals surface area contributed by atoms with Gasteiger partial charge < -0.3 is 9.80 Å². The normalized spacial score (nSPS) is 15.3. The van der Waals surface area contributed by atoms with E-state index in [2.05, 4.69) is 11.8 Å². The van der Waals surface area contributed by atoms with Crippen LogP contribution >= 0.6 is 0 Å². The molecule has 1 aliphatic heterocycles. The zero-order chi connectivity index (χ0) is 21.8. The monoisotopic (exact) mass is 415 g/mol. The van der Waals surface area contributed by atoms with Crippen LogP contribution in [0.4, 0.5) is 0 Å². The van der Waals surface area contributed by atoms with E-state index in [9.17, 15) is 9.59 Å². The average molecular weight is 416 g/mol. The first-order valence-corrected chi connectivity index (χ1v) is 10.9. The Balaban J connectivity index is 1.47. The van der Waals surface area contributed by atoms with Crippen LogP contribution in [0.25, 0.3) is 10.8 Å². The number of fused-ring (bicyclic) bond motifs is 1. The van der Waals surface area contributed by atoms with Gasteiger partial charge in [-0.15, -0.1) is 0 Å². The maximum absolute atomic E-state index is 13.4. The Morgan fingerprint density at radius 1 is 0.839 bits per heavy atom. The highest BCUT2D eigenvalue weighted by Gasteiger charge is 2.32. The number of hydrogen-bond acceptors (Lipinski definition) is 3. The Morgan fingerprint density at radius 3 is 2.16 bits per heavy atom. The molecule has 0 N–H and O–H groups in total. The average Bonchev–Trinajstić information content (AvgIpc) is 2.84. The summed E-state index contributed by atoms with van der Waals surface area (Å²) in [4.78, 5) is 32.5. The number of carbonyl (C=O) groups excluding carboxylic acids is 2. The van der Waals surface area contributed by atoms with E-state index >= 15 is 0 Å². The van der Waals surface area contributed by atoms with Crippen molar-refractivity contribution in [1.29, 1.82) is 0 Å². The molecule has 0 aliphatic carbocycles. The first kappa shape index (κ1) is 21.1. The molecule has 5 nitrogen and oxygen atoms in total. The van der Waals surface area contributed by atoms with Crippen LogP contribution in [0.1, 0.15) is 28.9 Å². The first-order chi connectivity index (χ1) is 15.1. The lowest BCUT2D eigenvalue weighted by atomic mass is 10.0. The smallest absolute Gasteiger partial charge is 0.254 e. The van der Waals surface area contributed by atoms with Crippen molar-refractivity contribution in [3.8, 4) is 0 Å². The van der Waals surface area contributed by atoms with Gasteiger partial charge in [0.15, 0.2) is 0 Å². The molecular weight excluding hydrogens is 386 g/mol. The van der Waals surface area contributed by atoms with Crippen LogP contribution in [0.2, 0.25) is 0 Å². The highest BCUT2D eigenvalue weighted by Crippen LogP contribution is 2.24. The molecule has 1 atom stereocenters. The standard InChI is InChI=1S/C26H29N3O2/c1-3-27(2)24(21-11-5-4-6-12-21)26(31)29-18-16-28(17-19-29)25(30)23-15-9-13-20-10-7-8-14-22(20)23/h4-15,24H,3,16-19H2,1-2H3. The predicted molar refractivity (Wildman–Crippen MR) is 124 cm³/mol. The minimum absolute atomic E-state index is 0.0363. The quantitative estimate of drug-likeness (QED) is 0.636. The van der Waals surface area contributed by atoms with E-state index in [0.29, 0.717) is 26.2 Å². The third kappa shape index (κ3) is 4.32. The first-order valence-electron chi connectivity index (χ1n) is 10.9. The number of benzene rings is 3. The van der Waals surface area contributed by atoms with E-state index < -0.39 is 0 Å². The molecule has 31 heavy (non-hydrogen) atoms. The minimum Gasteiger partial charge on any atom is -0.337 e. The van der Waals surface area contributed by atoms with Gasteiger partial charge in [0.2, 0.25) is 5.91 Å². The molecule has 0 saturated carbocycles. The van der Waals surface area contributed by atoms with Gasteiger partial charge in [-0.2, -0.15) is 0 Å². The molecule has 1 fully saturated rings. The summed E-state index contributed by atoms with van der Waals surface area (Å²) in [6, 6.07) is 23.4. The fraction of sp³-hybridized carbons (Fsp3) is 0.308. The van der Waals surface area contributed by atoms with E-state index in [4.69, 9.17) is 0 Å². The van der Waals surface area contributed by atoms with Gasteiger partial charge in [-0.05, 0) is 36.0 Å². The van der Waals surface area contributed by atoms with Crippen LogP contribution in [0.5, 0.6) is 0 Å². The maximum atomic E-state index is 13.4. The van der Waals surface area contributed by atoms with Crippen molar-refractivity contribution in [1.82, 2.24) is 14.7 Å². The van der Waals surface area contributed by atoms with Gasteiger partial charge in [0.1, 0.15) is 6.04 Å². The zero-order valence-corrected chi connectivity index (χ0v) is 18.2. The van der Waals surface area contributed by atoms with Crippen molar-refractivity contribution < 1.29 is 9.59 Å². The van der Waals surface area contributed by atoms with Gasteiger partial charge in [0.25, 0.3) is 5.91 Å². The van der Waals surface area contributed by atoms with E-state index in [0.717, 1.165) is 28.4 Å². The molecule has 5 heteroatoms. The number of likely N-dealkylation sites (N-methyl/N-ethyl adjacent to an activating group) is 1. The summed E-state index contributed by atoms with van der Waals surface area (Å²) < 4.78 is 0. The molecule has 0 spiro atoms. The number of carbonyl (C=O) groups is 2. The summed E-state index contributed by atoms with van der Waals surface area (Å²) >= 11 is 0. The second-order valence-electron chi connectivity index (χ2n) is 8.03. The van der Waals surface area contributed by atoms with Gasteiger partial charge in [-0.1, -0.05) is 73.7 Å². The molecule has 2 amide bonds. The summed E-state index contributed by atoms with van der Waals surface area (Å²) in [5.41, 5.74) is 1.73. The Morgan fingerprint density at radius 2 is 1.45 bits per heavy atom. The zero-order valence-electron chi connectivity index (χ0n) is 18.2. The Kier molecular flexibility index (Phi) is 6.33. The highest BCUT2D eigenvalue weighted by molar-refractivity contribution is 6.07. The number of nitrogens with zero attached hydrogens (tertiary/aromatic N) is 3. The van der Waals surface area contributed by atoms with E-state index in [-0.39, 0.29) is 17.9 Å². The summed E-state index contributed by atoms with van der Waals surface area (Å²) in [7, 11) is 1.98. The molecule has 1 unspecified atom stereocenters. The number of hydrogen-bond donors (Lipinski definition) is 0. The van der Waals surface area contributed by atoms with Gasteiger partial charge >= 0.3 is 0 Å². The van der Waals surface area contributed by atoms with E-state index in [1.165, 1.54) is 0 Å². The van der Waals surface area contributed by atoms with Crippen LogP contribution in [0, 0.1) is 0 Å². The molecule has 160 valence electrons. The Labute approximate surface area is 183 Å². The second kappa shape index (κ2) is 9.31. The fourth-order valence-electron chi connectivity index (χ4n) is 4.29. The largest absolute Gasteiger partial charge is 0.337 e. The van der Waals surface area contributed by atoms with Crippen molar-refractivity contribution in [3.05, 3.63) is 83.9 Å². The highest BCUT2D eigenvalue weighted by atomic mass is 16.2. The molecule has 1 saturated heterocycles. The number of rotatable bonds is 5. The Bertz CT molecular complexity index is 1050. The van der Waals surface area contributed by atoms with Gasteiger partial charge in [-0.25, -0.2) is 0 Å². The fourth-order valence-corrected chi connectivity index (χ4v) is 4.29. The molecule has 4 rings (SSSR count). The minimum atomic E-state index is -0.300. The van der Waals surface area contributed by atoms with Crippen LogP contribution < -0.4 is 0 Å². The van der Waals surface area contributed by atoms with Gasteiger partial charge in [0, 0.05) is 31.7 Å². The van der Waals surface area contributed by atoms with Crippen LogP contribution in [-0.2, 0) is 4.79 Å². The third-order valence-electron chi connectivity index (χ3n) is 6.19. The summed E-state index contributed by atoms with van der Waals surface area (Å²) in [6.07, 6.45) is 0. The van der Waals surface area contributed by atoms with Crippen LogP contribution in [0.15, 0.2) is 72.8 Å².